The monoisotopic (exact) mass is 288 g/mol. The van der Waals surface area contributed by atoms with Gasteiger partial charge in [-0.25, -0.2) is 0 Å². The number of hydrogen-bond donors (Lipinski definition) is 0. The molecule has 1 heterocycles. The molecule has 100 valence electrons. The first-order valence-corrected chi connectivity index (χ1v) is 6.22. The van der Waals surface area contributed by atoms with Gasteiger partial charge < -0.3 is 17.8 Å². The third-order valence-corrected chi connectivity index (χ3v) is 3.47. The summed E-state index contributed by atoms with van der Waals surface area (Å²) in [5.41, 5.74) is -0.579. The van der Waals surface area contributed by atoms with Crippen LogP contribution in [-0.2, 0) is 0 Å². The molecule has 1 rings (SSSR count). The maximum absolute atomic E-state index is 12.4. The second kappa shape index (κ2) is 8.44. The average molecular weight is 288 g/mol. The first-order valence-electron chi connectivity index (χ1n) is 6.22. The van der Waals surface area contributed by atoms with Crippen LogP contribution in [0.25, 0.3) is 0 Å². The van der Waals surface area contributed by atoms with E-state index in [0.29, 0.717) is 6.04 Å². The van der Waals surface area contributed by atoms with Crippen LogP contribution in [0.1, 0.15) is 20.3 Å². The Morgan fingerprint density at radius 1 is 1.33 bits per heavy atom. The summed E-state index contributed by atoms with van der Waals surface area (Å²) in [6.07, 6.45) is 0.958. The molecular weight excluding hydrogens is 267 g/mol. The van der Waals surface area contributed by atoms with Gasteiger partial charge in [-0.05, 0) is 32.6 Å². The Hall–Kier alpha value is 1.15. The molecule has 0 aromatic carbocycles. The quantitative estimate of drug-likeness (QED) is 0.599. The standard InChI is InChI=1S/C11H21BF3N2.K/c1-4-17(5-2)11-6-7-16(9-11)8-10(3)12(13,14)15;/h11H,3-9H2,1-2H3;/q-1;+1. The third kappa shape index (κ3) is 5.65. The molecule has 0 spiro atoms. The topological polar surface area (TPSA) is 6.48 Å². The second-order valence-electron chi connectivity index (χ2n) is 4.63. The summed E-state index contributed by atoms with van der Waals surface area (Å²) in [6, 6.07) is 0.401. The Morgan fingerprint density at radius 2 is 1.89 bits per heavy atom. The van der Waals surface area contributed by atoms with Crippen molar-refractivity contribution in [3.8, 4) is 0 Å². The van der Waals surface area contributed by atoms with Gasteiger partial charge in [0.05, 0.1) is 0 Å². The van der Waals surface area contributed by atoms with Crippen molar-refractivity contribution in [2.45, 2.75) is 26.3 Å². The zero-order valence-corrected chi connectivity index (χ0v) is 14.8. The van der Waals surface area contributed by atoms with Gasteiger partial charge in [0.25, 0.3) is 0 Å². The SMILES string of the molecule is C=C(CN1CCC(N(CC)CC)C1)[B-](F)(F)F.[K+]. The van der Waals surface area contributed by atoms with Crippen LogP contribution < -0.4 is 51.4 Å². The van der Waals surface area contributed by atoms with Gasteiger partial charge >= 0.3 is 58.4 Å². The molecule has 2 nitrogen and oxygen atoms in total. The minimum Gasteiger partial charge on any atom is -0.445 e. The van der Waals surface area contributed by atoms with Crippen LogP contribution in [0.4, 0.5) is 12.9 Å². The van der Waals surface area contributed by atoms with Crippen molar-refractivity contribution in [1.82, 2.24) is 9.80 Å². The molecule has 18 heavy (non-hydrogen) atoms. The first kappa shape index (κ1) is 19.2. The Labute approximate surface area is 150 Å². The fourth-order valence-electron chi connectivity index (χ4n) is 2.38. The summed E-state index contributed by atoms with van der Waals surface area (Å²) in [4.78, 5) is 4.17. The van der Waals surface area contributed by atoms with Gasteiger partial charge in [-0.15, -0.1) is 12.1 Å². The van der Waals surface area contributed by atoms with Crippen LogP contribution in [0.3, 0.4) is 0 Å². The van der Waals surface area contributed by atoms with E-state index >= 15 is 0 Å². The van der Waals surface area contributed by atoms with E-state index < -0.39 is 12.4 Å². The molecule has 0 aromatic heterocycles. The summed E-state index contributed by atoms with van der Waals surface area (Å²) in [6.45, 7) is 5.80. The van der Waals surface area contributed by atoms with Crippen molar-refractivity contribution in [3.63, 3.8) is 0 Å². The van der Waals surface area contributed by atoms with Gasteiger partial charge in [-0.3, -0.25) is 4.90 Å². The number of likely N-dealkylation sites (tertiary alicyclic amines) is 1. The minimum atomic E-state index is -4.88. The van der Waals surface area contributed by atoms with E-state index in [0.717, 1.165) is 32.6 Å². The summed E-state index contributed by atoms with van der Waals surface area (Å²) < 4.78 is 37.2. The molecule has 1 fully saturated rings. The molecule has 0 saturated carbocycles. The Kier molecular flexibility index (Phi) is 8.98. The Bertz CT molecular complexity index is 270. The van der Waals surface area contributed by atoms with Crippen LogP contribution in [0, 0.1) is 0 Å². The van der Waals surface area contributed by atoms with Crippen LogP contribution in [-0.4, -0.2) is 55.5 Å². The number of hydrogen-bond acceptors (Lipinski definition) is 2. The zero-order chi connectivity index (χ0) is 13.1. The molecule has 0 aliphatic carbocycles. The summed E-state index contributed by atoms with van der Waals surface area (Å²) >= 11 is 0. The predicted octanol–water partition coefficient (Wildman–Crippen LogP) is -0.651. The molecule has 1 saturated heterocycles. The molecule has 0 aromatic rings. The van der Waals surface area contributed by atoms with E-state index in [-0.39, 0.29) is 57.9 Å². The van der Waals surface area contributed by atoms with Gasteiger partial charge in [-0.2, -0.15) is 0 Å². The summed E-state index contributed by atoms with van der Waals surface area (Å²) in [7, 11) is 0. The number of nitrogens with zero attached hydrogens (tertiary/aromatic N) is 2. The molecule has 0 N–H and O–H groups in total. The van der Waals surface area contributed by atoms with Crippen molar-refractivity contribution in [2.24, 2.45) is 0 Å². The van der Waals surface area contributed by atoms with E-state index in [4.69, 9.17) is 0 Å². The summed E-state index contributed by atoms with van der Waals surface area (Å²) in [5.74, 6) is 0. The smallest absolute Gasteiger partial charge is 0.445 e. The minimum absolute atomic E-state index is 0. The second-order valence-corrected chi connectivity index (χ2v) is 4.63. The average Bonchev–Trinajstić information content (AvgIpc) is 2.67. The summed E-state index contributed by atoms with van der Waals surface area (Å²) in [5, 5.41) is 0. The van der Waals surface area contributed by atoms with Crippen LogP contribution in [0.5, 0.6) is 0 Å². The van der Waals surface area contributed by atoms with Crippen molar-refractivity contribution in [2.75, 3.05) is 32.7 Å². The van der Waals surface area contributed by atoms with Crippen molar-refractivity contribution in [1.29, 1.82) is 0 Å². The Morgan fingerprint density at radius 3 is 2.33 bits per heavy atom. The third-order valence-electron chi connectivity index (χ3n) is 3.47. The number of likely N-dealkylation sites (N-methyl/N-ethyl adjacent to an activating group) is 1. The van der Waals surface area contributed by atoms with Crippen molar-refractivity contribution >= 4 is 6.98 Å². The van der Waals surface area contributed by atoms with Gasteiger partial charge in [0.2, 0.25) is 0 Å². The largest absolute Gasteiger partial charge is 1.00 e. The van der Waals surface area contributed by atoms with Gasteiger partial charge in [-0.1, -0.05) is 13.8 Å². The molecule has 0 amide bonds. The maximum Gasteiger partial charge on any atom is 1.00 e. The zero-order valence-electron chi connectivity index (χ0n) is 11.6. The van der Waals surface area contributed by atoms with Crippen molar-refractivity contribution < 1.29 is 64.3 Å². The van der Waals surface area contributed by atoms with E-state index in [1.165, 1.54) is 0 Å². The van der Waals surface area contributed by atoms with Gasteiger partial charge in [0.15, 0.2) is 0 Å². The molecule has 0 bridgehead atoms. The molecule has 1 aliphatic rings. The molecular formula is C11H21BF3KN2. The maximum atomic E-state index is 12.4. The molecule has 0 radical (unpaired) electrons. The number of halogens is 3. The van der Waals surface area contributed by atoms with E-state index in [9.17, 15) is 12.9 Å². The molecule has 1 unspecified atom stereocenters. The van der Waals surface area contributed by atoms with E-state index in [2.05, 4.69) is 25.3 Å². The molecule has 1 atom stereocenters. The van der Waals surface area contributed by atoms with Crippen LogP contribution >= 0.6 is 0 Å². The van der Waals surface area contributed by atoms with Crippen LogP contribution in [0.15, 0.2) is 12.1 Å². The first-order chi connectivity index (χ1) is 7.88. The fourth-order valence-corrected chi connectivity index (χ4v) is 2.38. The van der Waals surface area contributed by atoms with E-state index in [1.807, 2.05) is 4.90 Å². The predicted molar refractivity (Wildman–Crippen MR) is 66.0 cm³/mol. The van der Waals surface area contributed by atoms with Crippen LogP contribution in [0.2, 0.25) is 0 Å². The van der Waals surface area contributed by atoms with Gasteiger partial charge in [0, 0.05) is 12.6 Å². The normalized spacial score (nSPS) is 21.1. The number of rotatable bonds is 6. The fraction of sp³-hybridized carbons (Fsp3) is 0.818. The molecule has 7 heteroatoms. The molecule has 1 aliphatic heterocycles. The Balaban J connectivity index is 0.00000289. The van der Waals surface area contributed by atoms with Gasteiger partial charge in [0.1, 0.15) is 0 Å². The van der Waals surface area contributed by atoms with Crippen molar-refractivity contribution in [3.05, 3.63) is 12.1 Å². The van der Waals surface area contributed by atoms with E-state index in [1.54, 1.807) is 0 Å².